The molecule has 0 saturated heterocycles. The molecule has 2 atom stereocenters. The Morgan fingerprint density at radius 3 is 2.53 bits per heavy atom. The van der Waals surface area contributed by atoms with E-state index in [9.17, 15) is 9.59 Å². The van der Waals surface area contributed by atoms with Gasteiger partial charge in [0.25, 0.3) is 5.91 Å². The van der Waals surface area contributed by atoms with Crippen molar-refractivity contribution in [3.63, 3.8) is 0 Å². The van der Waals surface area contributed by atoms with Gasteiger partial charge in [-0.2, -0.15) is 0 Å². The van der Waals surface area contributed by atoms with E-state index in [1.165, 1.54) is 23.1 Å². The van der Waals surface area contributed by atoms with Crippen molar-refractivity contribution in [1.82, 2.24) is 25.1 Å². The van der Waals surface area contributed by atoms with Crippen molar-refractivity contribution >= 4 is 51.6 Å². The highest BCUT2D eigenvalue weighted by atomic mass is 35.5. The molecule has 0 aliphatic carbocycles. The van der Waals surface area contributed by atoms with E-state index < -0.39 is 5.25 Å². The molecule has 0 saturated carbocycles. The fourth-order valence-electron chi connectivity index (χ4n) is 2.58. The summed E-state index contributed by atoms with van der Waals surface area (Å²) in [5, 5.41) is 17.3. The summed E-state index contributed by atoms with van der Waals surface area (Å²) in [6, 6.07) is 6.27. The molecule has 1 aromatic carbocycles. The lowest BCUT2D eigenvalue weighted by Crippen LogP contribution is -2.28. The maximum absolute atomic E-state index is 12.4. The van der Waals surface area contributed by atoms with Gasteiger partial charge in [-0.25, -0.2) is 4.98 Å². The van der Waals surface area contributed by atoms with Gasteiger partial charge in [-0.15, -0.1) is 21.5 Å². The second kappa shape index (κ2) is 9.59. The Bertz CT molecular complexity index is 1050. The van der Waals surface area contributed by atoms with Gasteiger partial charge in [0.15, 0.2) is 16.1 Å². The molecular weight excluding hydrogens is 444 g/mol. The van der Waals surface area contributed by atoms with Crippen LogP contribution < -0.4 is 10.6 Å². The summed E-state index contributed by atoms with van der Waals surface area (Å²) in [7, 11) is 1.80. The molecule has 0 unspecified atom stereocenters. The van der Waals surface area contributed by atoms with Crippen LogP contribution in [0.25, 0.3) is 0 Å². The lowest BCUT2D eigenvalue weighted by molar-refractivity contribution is -0.115. The Morgan fingerprint density at radius 2 is 1.90 bits per heavy atom. The maximum Gasteiger partial charge on any atom is 0.251 e. The van der Waals surface area contributed by atoms with E-state index >= 15 is 0 Å². The first-order chi connectivity index (χ1) is 14.2. The standard InChI is InChI=1S/C19H21ClN6O2S2/c1-10-9-29-18(21-10)23-16(27)12(3)30-19-25-24-15(26(19)4)11(2)22-17(28)13-5-7-14(20)8-6-13/h5-9,11-12H,1-4H3,(H,22,28)(H,21,23,27)/t11-,12-/m1/s1. The molecule has 3 rings (SSSR count). The summed E-state index contributed by atoms with van der Waals surface area (Å²) < 4.78 is 1.77. The third-order valence-electron chi connectivity index (χ3n) is 4.21. The first-order valence-electron chi connectivity index (χ1n) is 9.10. The van der Waals surface area contributed by atoms with Crippen molar-refractivity contribution in [1.29, 1.82) is 0 Å². The van der Waals surface area contributed by atoms with Crippen LogP contribution in [0, 0.1) is 6.92 Å². The maximum atomic E-state index is 12.4. The van der Waals surface area contributed by atoms with Gasteiger partial charge in [0.1, 0.15) is 0 Å². The molecule has 0 aliphatic rings. The van der Waals surface area contributed by atoms with Gasteiger partial charge < -0.3 is 15.2 Å². The summed E-state index contributed by atoms with van der Waals surface area (Å²) in [6.07, 6.45) is 0. The summed E-state index contributed by atoms with van der Waals surface area (Å²) >= 11 is 8.54. The molecule has 0 spiro atoms. The van der Waals surface area contributed by atoms with E-state index in [0.717, 1.165) is 5.69 Å². The molecule has 0 aliphatic heterocycles. The number of carbonyl (C=O) groups excluding carboxylic acids is 2. The van der Waals surface area contributed by atoms with Gasteiger partial charge >= 0.3 is 0 Å². The highest BCUT2D eigenvalue weighted by Gasteiger charge is 2.22. The van der Waals surface area contributed by atoms with Crippen molar-refractivity contribution < 1.29 is 9.59 Å². The Labute approximate surface area is 187 Å². The molecule has 2 amide bonds. The molecule has 11 heteroatoms. The zero-order valence-electron chi connectivity index (χ0n) is 16.8. The molecule has 8 nitrogen and oxygen atoms in total. The summed E-state index contributed by atoms with van der Waals surface area (Å²) in [4.78, 5) is 29.1. The normalized spacial score (nSPS) is 13.0. The predicted octanol–water partition coefficient (Wildman–Crippen LogP) is 3.84. The van der Waals surface area contributed by atoms with Crippen LogP contribution in [0.1, 0.15) is 41.8 Å². The Kier molecular flexibility index (Phi) is 7.11. The number of hydrogen-bond acceptors (Lipinski definition) is 7. The number of aryl methyl sites for hydroxylation is 1. The average Bonchev–Trinajstić information content (AvgIpc) is 3.27. The molecule has 2 aromatic heterocycles. The number of aromatic nitrogens is 4. The van der Waals surface area contributed by atoms with Crippen LogP contribution in [-0.4, -0.2) is 36.8 Å². The number of carbonyl (C=O) groups is 2. The number of hydrogen-bond donors (Lipinski definition) is 2. The van der Waals surface area contributed by atoms with Crippen molar-refractivity contribution in [3.8, 4) is 0 Å². The van der Waals surface area contributed by atoms with E-state index in [1.54, 1.807) is 42.8 Å². The van der Waals surface area contributed by atoms with Gasteiger partial charge in [-0.3, -0.25) is 9.59 Å². The smallest absolute Gasteiger partial charge is 0.251 e. The number of nitrogens with zero attached hydrogens (tertiary/aromatic N) is 4. The quantitative estimate of drug-likeness (QED) is 0.515. The molecule has 3 aromatic rings. The van der Waals surface area contributed by atoms with Gasteiger partial charge in [0.05, 0.1) is 17.0 Å². The zero-order valence-corrected chi connectivity index (χ0v) is 19.2. The van der Waals surface area contributed by atoms with Crippen LogP contribution in [0.5, 0.6) is 0 Å². The highest BCUT2D eigenvalue weighted by Crippen LogP contribution is 2.25. The minimum atomic E-state index is -0.399. The lowest BCUT2D eigenvalue weighted by Gasteiger charge is -2.14. The Hall–Kier alpha value is -2.43. The van der Waals surface area contributed by atoms with Crippen molar-refractivity contribution in [2.24, 2.45) is 7.05 Å². The highest BCUT2D eigenvalue weighted by molar-refractivity contribution is 8.00. The third kappa shape index (κ3) is 5.38. The molecule has 30 heavy (non-hydrogen) atoms. The number of anilines is 1. The third-order valence-corrected chi connectivity index (χ3v) is 6.47. The number of benzene rings is 1. The first kappa shape index (κ1) is 22.3. The van der Waals surface area contributed by atoms with Gasteiger partial charge in [0, 0.05) is 23.0 Å². The molecule has 0 bridgehead atoms. The van der Waals surface area contributed by atoms with E-state index in [-0.39, 0.29) is 17.9 Å². The second-order valence-electron chi connectivity index (χ2n) is 6.65. The van der Waals surface area contributed by atoms with Crippen LogP contribution in [0.2, 0.25) is 5.02 Å². The van der Waals surface area contributed by atoms with Crippen LogP contribution in [0.15, 0.2) is 34.8 Å². The first-order valence-corrected chi connectivity index (χ1v) is 11.2. The SMILES string of the molecule is Cc1csc(NC(=O)[C@@H](C)Sc2nnc([C@@H](C)NC(=O)c3ccc(Cl)cc3)n2C)n1. The second-order valence-corrected chi connectivity index (χ2v) is 9.25. The Balaban J connectivity index is 1.62. The molecule has 2 heterocycles. The van der Waals surface area contributed by atoms with Crippen molar-refractivity contribution in [2.45, 2.75) is 37.2 Å². The monoisotopic (exact) mass is 464 g/mol. The van der Waals surface area contributed by atoms with E-state index in [2.05, 4.69) is 25.8 Å². The fraction of sp³-hybridized carbons (Fsp3) is 0.316. The van der Waals surface area contributed by atoms with E-state index in [4.69, 9.17) is 11.6 Å². The van der Waals surface area contributed by atoms with Gasteiger partial charge in [-0.1, -0.05) is 23.4 Å². The average molecular weight is 465 g/mol. The minimum absolute atomic E-state index is 0.164. The van der Waals surface area contributed by atoms with Crippen LogP contribution in [0.3, 0.4) is 0 Å². The molecular formula is C19H21ClN6O2S2. The Morgan fingerprint density at radius 1 is 1.20 bits per heavy atom. The molecule has 0 fully saturated rings. The van der Waals surface area contributed by atoms with Crippen LogP contribution in [0.4, 0.5) is 5.13 Å². The van der Waals surface area contributed by atoms with Gasteiger partial charge in [-0.05, 0) is 45.0 Å². The van der Waals surface area contributed by atoms with Gasteiger partial charge in [0.2, 0.25) is 5.91 Å². The van der Waals surface area contributed by atoms with Crippen LogP contribution in [-0.2, 0) is 11.8 Å². The zero-order chi connectivity index (χ0) is 21.8. The topological polar surface area (TPSA) is 102 Å². The number of amides is 2. The number of halogens is 1. The number of rotatable bonds is 7. The molecule has 2 N–H and O–H groups in total. The number of thiazole rings is 1. The largest absolute Gasteiger partial charge is 0.342 e. The van der Waals surface area contributed by atoms with Crippen molar-refractivity contribution in [3.05, 3.63) is 51.7 Å². The summed E-state index contributed by atoms with van der Waals surface area (Å²) in [6.45, 7) is 5.49. The molecule has 0 radical (unpaired) electrons. The van der Waals surface area contributed by atoms with E-state index in [1.807, 2.05) is 19.2 Å². The number of thioether (sulfide) groups is 1. The molecule has 158 valence electrons. The summed E-state index contributed by atoms with van der Waals surface area (Å²) in [5.74, 6) is 0.189. The van der Waals surface area contributed by atoms with Crippen molar-refractivity contribution in [2.75, 3.05) is 5.32 Å². The summed E-state index contributed by atoms with van der Waals surface area (Å²) in [5.41, 5.74) is 1.37. The predicted molar refractivity (Wildman–Crippen MR) is 119 cm³/mol. The number of nitrogens with one attached hydrogen (secondary N) is 2. The minimum Gasteiger partial charge on any atom is -0.342 e. The fourth-order valence-corrected chi connectivity index (χ4v) is 4.22. The lowest BCUT2D eigenvalue weighted by atomic mass is 10.2. The van der Waals surface area contributed by atoms with E-state index in [0.29, 0.717) is 26.7 Å². The van der Waals surface area contributed by atoms with Crippen LogP contribution >= 0.6 is 34.7 Å².